The fraction of sp³-hybridized carbons (Fsp3) is 0.619. The molecule has 1 N–H and O–H groups in total. The molecule has 2 bridgehead atoms. The lowest BCUT2D eigenvalue weighted by molar-refractivity contribution is -0.0291. The summed E-state index contributed by atoms with van der Waals surface area (Å²) in [5.41, 5.74) is 3.17. The summed E-state index contributed by atoms with van der Waals surface area (Å²) in [5.74, 6) is 0. The summed E-state index contributed by atoms with van der Waals surface area (Å²) in [4.78, 5) is 30.3. The number of carbonyl (C=O) groups is 2. The summed E-state index contributed by atoms with van der Waals surface area (Å²) < 4.78 is 5.87. The van der Waals surface area contributed by atoms with Crippen molar-refractivity contribution in [2.75, 3.05) is 26.2 Å². The third kappa shape index (κ3) is 3.44. The number of benzene rings is 1. The first-order chi connectivity index (χ1) is 14.0. The van der Waals surface area contributed by atoms with Crippen LogP contribution in [0.25, 0.3) is 0 Å². The molecule has 1 aromatic rings. The number of halogens is 1. The van der Waals surface area contributed by atoms with Crippen LogP contribution in [0.15, 0.2) is 12.1 Å². The van der Waals surface area contributed by atoms with Crippen molar-refractivity contribution in [3.05, 3.63) is 33.8 Å². The van der Waals surface area contributed by atoms with Gasteiger partial charge in [0.1, 0.15) is 0 Å². The molecule has 4 aliphatic rings. The minimum Gasteiger partial charge on any atom is -0.465 e. The van der Waals surface area contributed by atoms with Crippen LogP contribution in [0.4, 0.5) is 9.59 Å². The van der Waals surface area contributed by atoms with Crippen molar-refractivity contribution in [2.45, 2.75) is 56.9 Å². The predicted molar refractivity (Wildman–Crippen MR) is 107 cm³/mol. The molecule has 0 spiro atoms. The van der Waals surface area contributed by atoms with Gasteiger partial charge in [0.05, 0.1) is 18.2 Å². The van der Waals surface area contributed by atoms with E-state index < -0.39 is 6.09 Å². The number of urea groups is 1. The Bertz CT molecular complexity index is 835. The van der Waals surface area contributed by atoms with Gasteiger partial charge in [-0.15, -0.1) is 0 Å². The van der Waals surface area contributed by atoms with Gasteiger partial charge in [0.2, 0.25) is 0 Å². The standard InChI is InChI=1S/C21H26ClN3O4/c22-14-8-13-5-7-23(20(26)24-10-15-3-4-16(11-24)29-15)12-18(13)17(9-14)19-2-1-6-25(19)21(27)28/h8-9,15-16,19H,1-7,10-12H2,(H,27,28)/t15?,16?,19-/m0/s1. The first-order valence-electron chi connectivity index (χ1n) is 10.5. The zero-order valence-corrected chi connectivity index (χ0v) is 17.1. The van der Waals surface area contributed by atoms with Crippen molar-refractivity contribution in [3.8, 4) is 0 Å². The molecule has 5 rings (SSSR count). The Balaban J connectivity index is 1.41. The molecular weight excluding hydrogens is 394 g/mol. The molecule has 2 unspecified atom stereocenters. The van der Waals surface area contributed by atoms with Gasteiger partial charge in [-0.1, -0.05) is 11.6 Å². The van der Waals surface area contributed by atoms with Crippen LogP contribution in [0.2, 0.25) is 5.02 Å². The Labute approximate surface area is 175 Å². The zero-order valence-electron chi connectivity index (χ0n) is 16.3. The maximum Gasteiger partial charge on any atom is 0.407 e. The van der Waals surface area contributed by atoms with Gasteiger partial charge in [-0.2, -0.15) is 0 Å². The van der Waals surface area contributed by atoms with Crippen molar-refractivity contribution in [1.82, 2.24) is 14.7 Å². The van der Waals surface area contributed by atoms with Gasteiger partial charge in [0.25, 0.3) is 0 Å². The lowest BCUT2D eigenvalue weighted by Gasteiger charge is -2.39. The second-order valence-corrected chi connectivity index (χ2v) is 9.02. The molecule has 3 fully saturated rings. The summed E-state index contributed by atoms with van der Waals surface area (Å²) in [7, 11) is 0. The van der Waals surface area contributed by atoms with Crippen molar-refractivity contribution in [1.29, 1.82) is 0 Å². The van der Waals surface area contributed by atoms with Crippen LogP contribution in [-0.4, -0.2) is 70.3 Å². The molecule has 3 atom stereocenters. The Morgan fingerprint density at radius 1 is 1.07 bits per heavy atom. The smallest absolute Gasteiger partial charge is 0.407 e. The highest BCUT2D eigenvalue weighted by Crippen LogP contribution is 2.39. The van der Waals surface area contributed by atoms with Gasteiger partial charge in [-0.05, 0) is 60.9 Å². The van der Waals surface area contributed by atoms with Crippen LogP contribution in [0.5, 0.6) is 0 Å². The molecule has 0 radical (unpaired) electrons. The van der Waals surface area contributed by atoms with Gasteiger partial charge in [0, 0.05) is 37.7 Å². The molecule has 4 heterocycles. The number of morpholine rings is 1. The van der Waals surface area contributed by atoms with E-state index in [0.717, 1.165) is 48.8 Å². The summed E-state index contributed by atoms with van der Waals surface area (Å²) in [6.07, 6.45) is 3.90. The maximum absolute atomic E-state index is 13.2. The van der Waals surface area contributed by atoms with Crippen LogP contribution in [0.1, 0.15) is 48.4 Å². The van der Waals surface area contributed by atoms with E-state index in [9.17, 15) is 14.7 Å². The number of fused-ring (bicyclic) bond motifs is 3. The summed E-state index contributed by atoms with van der Waals surface area (Å²) >= 11 is 6.38. The summed E-state index contributed by atoms with van der Waals surface area (Å²) in [6.45, 7) is 3.05. The van der Waals surface area contributed by atoms with Crippen molar-refractivity contribution < 1.29 is 19.4 Å². The molecule has 3 amide bonds. The van der Waals surface area contributed by atoms with Crippen molar-refractivity contribution in [3.63, 3.8) is 0 Å². The highest BCUT2D eigenvalue weighted by Gasteiger charge is 2.39. The van der Waals surface area contributed by atoms with Crippen molar-refractivity contribution in [2.24, 2.45) is 0 Å². The lowest BCUT2D eigenvalue weighted by Crippen LogP contribution is -2.52. The Morgan fingerprint density at radius 3 is 2.55 bits per heavy atom. The SMILES string of the molecule is O=C(N1CCc2cc(Cl)cc([C@@H]3CCCN3C(=O)O)c2C1)N1CC2CCC(C1)O2. The number of nitrogens with zero attached hydrogens (tertiary/aromatic N) is 3. The monoisotopic (exact) mass is 419 g/mol. The molecule has 8 heteroatoms. The molecule has 4 aliphatic heterocycles. The van der Waals surface area contributed by atoms with Crippen LogP contribution in [-0.2, 0) is 17.7 Å². The second-order valence-electron chi connectivity index (χ2n) is 8.58. The number of carbonyl (C=O) groups excluding carboxylic acids is 1. The minimum absolute atomic E-state index is 0.0678. The average Bonchev–Trinajstić information content (AvgIpc) is 3.32. The molecule has 0 aliphatic carbocycles. The fourth-order valence-electron chi connectivity index (χ4n) is 5.41. The highest BCUT2D eigenvalue weighted by atomic mass is 35.5. The first kappa shape index (κ1) is 19.0. The predicted octanol–water partition coefficient (Wildman–Crippen LogP) is 3.50. The highest BCUT2D eigenvalue weighted by molar-refractivity contribution is 6.30. The van der Waals surface area contributed by atoms with Crippen molar-refractivity contribution >= 4 is 23.7 Å². The third-order valence-electron chi connectivity index (χ3n) is 6.78. The number of ether oxygens (including phenoxy) is 1. The van der Waals surface area contributed by atoms with E-state index in [1.807, 2.05) is 21.9 Å². The zero-order chi connectivity index (χ0) is 20.1. The molecular formula is C21H26ClN3O4. The molecule has 156 valence electrons. The van der Waals surface area contributed by atoms with E-state index in [0.29, 0.717) is 37.7 Å². The molecule has 29 heavy (non-hydrogen) atoms. The van der Waals surface area contributed by atoms with Crippen LogP contribution in [0, 0.1) is 0 Å². The third-order valence-corrected chi connectivity index (χ3v) is 7.00. The summed E-state index contributed by atoms with van der Waals surface area (Å²) in [6, 6.07) is 3.75. The summed E-state index contributed by atoms with van der Waals surface area (Å²) in [5, 5.41) is 10.2. The molecule has 0 aromatic heterocycles. The average molecular weight is 420 g/mol. The van der Waals surface area contributed by atoms with Crippen LogP contribution < -0.4 is 0 Å². The molecule has 1 aromatic carbocycles. The lowest BCUT2D eigenvalue weighted by atomic mass is 9.90. The van der Waals surface area contributed by atoms with Gasteiger partial charge in [0.15, 0.2) is 0 Å². The number of carboxylic acid groups (broad SMARTS) is 1. The molecule has 7 nitrogen and oxygen atoms in total. The largest absolute Gasteiger partial charge is 0.465 e. The Hall–Kier alpha value is -1.99. The van der Waals surface area contributed by atoms with Gasteiger partial charge < -0.3 is 24.5 Å². The van der Waals surface area contributed by atoms with E-state index in [4.69, 9.17) is 16.3 Å². The van der Waals surface area contributed by atoms with E-state index in [1.54, 1.807) is 0 Å². The Kier molecular flexibility index (Phi) is 4.82. The number of likely N-dealkylation sites (tertiary alicyclic amines) is 2. The van der Waals surface area contributed by atoms with Crippen LogP contribution in [0.3, 0.4) is 0 Å². The van der Waals surface area contributed by atoms with E-state index in [-0.39, 0.29) is 24.3 Å². The fourth-order valence-corrected chi connectivity index (χ4v) is 5.66. The quantitative estimate of drug-likeness (QED) is 0.756. The van der Waals surface area contributed by atoms with E-state index >= 15 is 0 Å². The van der Waals surface area contributed by atoms with Gasteiger partial charge >= 0.3 is 12.1 Å². The number of hydrogen-bond acceptors (Lipinski definition) is 3. The normalized spacial score (nSPS) is 28.6. The molecule has 3 saturated heterocycles. The van der Waals surface area contributed by atoms with E-state index in [1.165, 1.54) is 4.90 Å². The minimum atomic E-state index is -0.895. The van der Waals surface area contributed by atoms with Gasteiger partial charge in [-0.25, -0.2) is 9.59 Å². The number of rotatable bonds is 1. The Morgan fingerprint density at radius 2 is 1.83 bits per heavy atom. The molecule has 0 saturated carbocycles. The van der Waals surface area contributed by atoms with Gasteiger partial charge in [-0.3, -0.25) is 0 Å². The number of hydrogen-bond donors (Lipinski definition) is 1. The van der Waals surface area contributed by atoms with E-state index in [2.05, 4.69) is 0 Å². The van der Waals surface area contributed by atoms with Crippen LogP contribution >= 0.6 is 11.6 Å². The second kappa shape index (κ2) is 7.36. The first-order valence-corrected chi connectivity index (χ1v) is 10.9. The maximum atomic E-state index is 13.2. The number of amides is 3. The topological polar surface area (TPSA) is 73.3 Å².